The molecule has 0 spiro atoms. The molecule has 0 saturated carbocycles. The van der Waals surface area contributed by atoms with Gasteiger partial charge in [0.05, 0.1) is 12.2 Å². The van der Waals surface area contributed by atoms with E-state index >= 15 is 0 Å². The number of hydrogen-bond acceptors (Lipinski definition) is 2. The van der Waals surface area contributed by atoms with Crippen LogP contribution in [0.25, 0.3) is 0 Å². The molecule has 0 radical (unpaired) electrons. The van der Waals surface area contributed by atoms with Crippen molar-refractivity contribution in [2.45, 2.75) is 33.2 Å². The van der Waals surface area contributed by atoms with Crippen LogP contribution in [0.1, 0.15) is 35.2 Å². The van der Waals surface area contributed by atoms with Crippen molar-refractivity contribution in [3.63, 3.8) is 0 Å². The highest BCUT2D eigenvalue weighted by Gasteiger charge is 2.10. The zero-order valence-corrected chi connectivity index (χ0v) is 13.7. The van der Waals surface area contributed by atoms with E-state index in [-0.39, 0.29) is 12.1 Å². The van der Waals surface area contributed by atoms with Gasteiger partial charge in [-0.25, -0.2) is 4.79 Å². The smallest absolute Gasteiger partial charge is 0.315 e. The number of carbonyl (C=O) groups is 1. The maximum absolute atomic E-state index is 11.9. The van der Waals surface area contributed by atoms with E-state index in [4.69, 9.17) is 0 Å². The van der Waals surface area contributed by atoms with Crippen LogP contribution in [0.3, 0.4) is 0 Å². The number of benzene rings is 1. The predicted octanol–water partition coefficient (Wildman–Crippen LogP) is 2.64. The number of urea groups is 1. The van der Waals surface area contributed by atoms with Gasteiger partial charge in [-0.3, -0.25) is 4.68 Å². The van der Waals surface area contributed by atoms with Gasteiger partial charge in [-0.15, -0.1) is 0 Å². The molecule has 0 aliphatic rings. The molecule has 2 N–H and O–H groups in total. The van der Waals surface area contributed by atoms with E-state index in [1.807, 2.05) is 26.4 Å². The molecule has 1 heterocycles. The summed E-state index contributed by atoms with van der Waals surface area (Å²) in [7, 11) is 1.88. The van der Waals surface area contributed by atoms with Crippen LogP contribution >= 0.6 is 0 Å². The number of nitrogens with one attached hydrogen (secondary N) is 2. The minimum absolute atomic E-state index is 0.0167. The van der Waals surface area contributed by atoms with Gasteiger partial charge in [0.25, 0.3) is 0 Å². The zero-order valence-electron chi connectivity index (χ0n) is 13.7. The topological polar surface area (TPSA) is 59.0 Å². The summed E-state index contributed by atoms with van der Waals surface area (Å²) < 4.78 is 1.76. The Morgan fingerprint density at radius 3 is 2.55 bits per heavy atom. The molecule has 0 fully saturated rings. The van der Waals surface area contributed by atoms with Crippen LogP contribution in [-0.2, 0) is 13.5 Å². The van der Waals surface area contributed by atoms with Crippen molar-refractivity contribution in [2.75, 3.05) is 6.54 Å². The summed E-state index contributed by atoms with van der Waals surface area (Å²) in [4.78, 5) is 11.9. The first-order chi connectivity index (χ1) is 10.4. The number of rotatable bonds is 5. The Labute approximate surface area is 131 Å². The van der Waals surface area contributed by atoms with Gasteiger partial charge in [-0.05, 0) is 38.3 Å². The van der Waals surface area contributed by atoms with Crippen LogP contribution in [0.15, 0.2) is 30.6 Å². The molecule has 2 amide bonds. The van der Waals surface area contributed by atoms with Crippen molar-refractivity contribution in [2.24, 2.45) is 7.05 Å². The van der Waals surface area contributed by atoms with Crippen molar-refractivity contribution in [1.29, 1.82) is 0 Å². The summed E-state index contributed by atoms with van der Waals surface area (Å²) in [5.74, 6) is 0. The molecule has 1 atom stereocenters. The molecular formula is C17H24N4O. The molecule has 0 bridgehead atoms. The fourth-order valence-electron chi connectivity index (χ4n) is 2.51. The van der Waals surface area contributed by atoms with Gasteiger partial charge in [0.15, 0.2) is 0 Å². The lowest BCUT2D eigenvalue weighted by atomic mass is 10.0. The van der Waals surface area contributed by atoms with E-state index in [0.29, 0.717) is 6.54 Å². The fraction of sp³-hybridized carbons (Fsp3) is 0.412. The van der Waals surface area contributed by atoms with Gasteiger partial charge >= 0.3 is 6.03 Å². The van der Waals surface area contributed by atoms with Crippen molar-refractivity contribution in [3.05, 3.63) is 52.8 Å². The summed E-state index contributed by atoms with van der Waals surface area (Å²) in [5.41, 5.74) is 4.66. The van der Waals surface area contributed by atoms with E-state index in [1.54, 1.807) is 4.68 Å². The second kappa shape index (κ2) is 7.11. The summed E-state index contributed by atoms with van der Waals surface area (Å²) in [6, 6.07) is 6.18. The maximum Gasteiger partial charge on any atom is 0.315 e. The Balaban J connectivity index is 1.80. The molecule has 0 unspecified atom stereocenters. The van der Waals surface area contributed by atoms with E-state index in [9.17, 15) is 4.79 Å². The summed E-state index contributed by atoms with van der Waals surface area (Å²) >= 11 is 0. The number of carbonyl (C=O) groups excluding carboxylic acids is 1. The Morgan fingerprint density at radius 1 is 1.27 bits per heavy atom. The predicted molar refractivity (Wildman–Crippen MR) is 87.8 cm³/mol. The minimum atomic E-state index is -0.143. The van der Waals surface area contributed by atoms with Crippen molar-refractivity contribution in [3.8, 4) is 0 Å². The minimum Gasteiger partial charge on any atom is -0.338 e. The average molecular weight is 300 g/mol. The lowest BCUT2D eigenvalue weighted by Gasteiger charge is -2.16. The van der Waals surface area contributed by atoms with Crippen molar-refractivity contribution >= 4 is 6.03 Å². The number of aryl methyl sites for hydroxylation is 3. The number of amides is 2. The molecule has 2 aromatic rings. The molecule has 22 heavy (non-hydrogen) atoms. The molecule has 1 aromatic carbocycles. The van der Waals surface area contributed by atoms with E-state index < -0.39 is 0 Å². The van der Waals surface area contributed by atoms with Crippen LogP contribution in [0.2, 0.25) is 0 Å². The fourth-order valence-corrected chi connectivity index (χ4v) is 2.51. The van der Waals surface area contributed by atoms with Crippen molar-refractivity contribution in [1.82, 2.24) is 20.4 Å². The van der Waals surface area contributed by atoms with Crippen LogP contribution in [-0.4, -0.2) is 22.4 Å². The number of hydrogen-bond donors (Lipinski definition) is 2. The molecular weight excluding hydrogens is 276 g/mol. The van der Waals surface area contributed by atoms with E-state index in [0.717, 1.165) is 17.5 Å². The third-order valence-electron chi connectivity index (χ3n) is 3.55. The van der Waals surface area contributed by atoms with Gasteiger partial charge in [-0.2, -0.15) is 5.10 Å². The van der Waals surface area contributed by atoms with Gasteiger partial charge in [0.2, 0.25) is 0 Å². The highest BCUT2D eigenvalue weighted by atomic mass is 16.2. The largest absolute Gasteiger partial charge is 0.338 e. The Morgan fingerprint density at radius 2 is 1.95 bits per heavy atom. The Kier molecular flexibility index (Phi) is 5.20. The van der Waals surface area contributed by atoms with Crippen LogP contribution in [0, 0.1) is 13.8 Å². The maximum atomic E-state index is 11.9. The third kappa shape index (κ3) is 4.62. The molecule has 5 nitrogen and oxygen atoms in total. The third-order valence-corrected chi connectivity index (χ3v) is 3.55. The molecule has 0 aliphatic heterocycles. The highest BCUT2D eigenvalue weighted by Crippen LogP contribution is 2.16. The standard InChI is InChI=1S/C17H24N4O/c1-12-7-13(2)9-16(8-12)14(3)20-17(22)18-6-5-15-10-19-21(4)11-15/h7-11,14H,5-6H2,1-4H3,(H2,18,20,22)/t14-/m1/s1. The number of nitrogens with zero attached hydrogens (tertiary/aromatic N) is 2. The molecule has 118 valence electrons. The SMILES string of the molecule is Cc1cc(C)cc([C@@H](C)NC(=O)NCCc2cnn(C)c2)c1. The average Bonchev–Trinajstić information content (AvgIpc) is 2.83. The quantitative estimate of drug-likeness (QED) is 0.892. The van der Waals surface area contributed by atoms with Gasteiger partial charge < -0.3 is 10.6 Å². The van der Waals surface area contributed by atoms with E-state index in [2.05, 4.69) is 47.8 Å². The summed E-state index contributed by atoms with van der Waals surface area (Å²) in [5, 5.41) is 9.96. The lowest BCUT2D eigenvalue weighted by molar-refractivity contribution is 0.238. The molecule has 0 aliphatic carbocycles. The van der Waals surface area contributed by atoms with E-state index in [1.165, 1.54) is 11.1 Å². The Hall–Kier alpha value is -2.30. The highest BCUT2D eigenvalue weighted by molar-refractivity contribution is 5.74. The first-order valence-electron chi connectivity index (χ1n) is 7.54. The number of aromatic nitrogens is 2. The lowest BCUT2D eigenvalue weighted by Crippen LogP contribution is -2.38. The molecule has 2 rings (SSSR count). The van der Waals surface area contributed by atoms with Crippen LogP contribution in [0.4, 0.5) is 4.79 Å². The van der Waals surface area contributed by atoms with Crippen LogP contribution in [0.5, 0.6) is 0 Å². The first-order valence-corrected chi connectivity index (χ1v) is 7.54. The van der Waals surface area contributed by atoms with Gasteiger partial charge in [0, 0.05) is 19.8 Å². The normalized spacial score (nSPS) is 12.0. The molecule has 5 heteroatoms. The molecule has 1 aromatic heterocycles. The summed E-state index contributed by atoms with van der Waals surface area (Å²) in [6.07, 6.45) is 4.55. The van der Waals surface area contributed by atoms with Gasteiger partial charge in [-0.1, -0.05) is 29.3 Å². The Bertz CT molecular complexity index is 628. The summed E-state index contributed by atoms with van der Waals surface area (Å²) in [6.45, 7) is 6.72. The second-order valence-corrected chi connectivity index (χ2v) is 5.82. The molecule has 0 saturated heterocycles. The zero-order chi connectivity index (χ0) is 16.1. The van der Waals surface area contributed by atoms with Crippen LogP contribution < -0.4 is 10.6 Å². The first kappa shape index (κ1) is 16.1. The van der Waals surface area contributed by atoms with Gasteiger partial charge in [0.1, 0.15) is 0 Å². The monoisotopic (exact) mass is 300 g/mol. The van der Waals surface area contributed by atoms with Crippen molar-refractivity contribution < 1.29 is 4.79 Å². The second-order valence-electron chi connectivity index (χ2n) is 5.82.